The fourth-order valence-electron chi connectivity index (χ4n) is 2.89. The number of benzene rings is 1. The fourth-order valence-corrected chi connectivity index (χ4v) is 2.89. The van der Waals surface area contributed by atoms with Crippen LogP contribution >= 0.6 is 0 Å². The molecule has 1 heterocycles. The maximum Gasteiger partial charge on any atom is 0.249 e. The van der Waals surface area contributed by atoms with E-state index in [2.05, 4.69) is 15.5 Å². The molecule has 1 fully saturated rings. The van der Waals surface area contributed by atoms with Gasteiger partial charge in [-0.05, 0) is 44.0 Å². The maximum absolute atomic E-state index is 12.9. The quantitative estimate of drug-likeness (QED) is 0.935. The van der Waals surface area contributed by atoms with Crippen molar-refractivity contribution in [3.05, 3.63) is 36.0 Å². The Balaban J connectivity index is 1.64. The van der Waals surface area contributed by atoms with Crippen LogP contribution in [0.5, 0.6) is 0 Å². The van der Waals surface area contributed by atoms with Gasteiger partial charge in [0, 0.05) is 11.5 Å². The van der Waals surface area contributed by atoms with E-state index in [9.17, 15) is 9.18 Å². The van der Waals surface area contributed by atoms with E-state index >= 15 is 0 Å². The minimum atomic E-state index is -0.342. The third kappa shape index (κ3) is 3.75. The number of carbonyl (C=O) groups is 1. The summed E-state index contributed by atoms with van der Waals surface area (Å²) in [5, 5.41) is 6.84. The highest BCUT2D eigenvalue weighted by molar-refractivity contribution is 5.79. The van der Waals surface area contributed by atoms with Crippen LogP contribution in [0.1, 0.15) is 51.0 Å². The molecule has 0 saturated heterocycles. The molecule has 1 aromatic carbocycles. The van der Waals surface area contributed by atoms with Crippen molar-refractivity contribution in [3.8, 4) is 11.4 Å². The van der Waals surface area contributed by atoms with Crippen molar-refractivity contribution in [2.75, 3.05) is 0 Å². The van der Waals surface area contributed by atoms with Crippen LogP contribution in [0.3, 0.4) is 0 Å². The van der Waals surface area contributed by atoms with Crippen molar-refractivity contribution in [1.29, 1.82) is 0 Å². The molecule has 1 aliphatic rings. The minimum absolute atomic E-state index is 0.0544. The van der Waals surface area contributed by atoms with Crippen LogP contribution in [0, 0.1) is 11.7 Å². The molecule has 0 bridgehead atoms. The van der Waals surface area contributed by atoms with E-state index < -0.39 is 0 Å². The highest BCUT2D eigenvalue weighted by Gasteiger charge is 2.24. The monoisotopic (exact) mass is 317 g/mol. The number of amides is 1. The Morgan fingerprint density at radius 1 is 1.26 bits per heavy atom. The number of hydrogen-bond donors (Lipinski definition) is 1. The Morgan fingerprint density at radius 2 is 1.96 bits per heavy atom. The van der Waals surface area contributed by atoms with Crippen molar-refractivity contribution < 1.29 is 13.7 Å². The van der Waals surface area contributed by atoms with Crippen LogP contribution in [0.25, 0.3) is 11.4 Å². The van der Waals surface area contributed by atoms with Gasteiger partial charge in [0.1, 0.15) is 11.9 Å². The van der Waals surface area contributed by atoms with Gasteiger partial charge in [0.05, 0.1) is 0 Å². The first-order valence-corrected chi connectivity index (χ1v) is 8.03. The molecule has 3 rings (SSSR count). The Bertz CT molecular complexity index is 663. The van der Waals surface area contributed by atoms with Crippen LogP contribution in [-0.2, 0) is 4.79 Å². The second kappa shape index (κ2) is 6.89. The zero-order chi connectivity index (χ0) is 16.2. The SMILES string of the molecule is C[C@@H](NC(=O)C1CCCCC1)c1nc(-c2ccc(F)cc2)no1. The summed E-state index contributed by atoms with van der Waals surface area (Å²) in [6, 6.07) is 5.54. The number of hydrogen-bond acceptors (Lipinski definition) is 4. The summed E-state index contributed by atoms with van der Waals surface area (Å²) < 4.78 is 18.2. The zero-order valence-corrected chi connectivity index (χ0v) is 13.1. The maximum atomic E-state index is 12.9. The van der Waals surface area contributed by atoms with Gasteiger partial charge in [-0.25, -0.2) is 4.39 Å². The summed E-state index contributed by atoms with van der Waals surface area (Å²) in [5.41, 5.74) is 0.673. The number of rotatable bonds is 4. The highest BCUT2D eigenvalue weighted by Crippen LogP contribution is 2.25. The first kappa shape index (κ1) is 15.6. The van der Waals surface area contributed by atoms with Gasteiger partial charge in [-0.3, -0.25) is 4.79 Å². The average molecular weight is 317 g/mol. The van der Waals surface area contributed by atoms with Crippen molar-refractivity contribution in [2.45, 2.75) is 45.1 Å². The molecule has 0 aliphatic heterocycles. The van der Waals surface area contributed by atoms with E-state index in [0.717, 1.165) is 25.7 Å². The molecule has 1 amide bonds. The van der Waals surface area contributed by atoms with Gasteiger partial charge in [0.25, 0.3) is 0 Å². The summed E-state index contributed by atoms with van der Waals surface area (Å²) in [7, 11) is 0. The van der Waals surface area contributed by atoms with Gasteiger partial charge in [0.15, 0.2) is 0 Å². The Hall–Kier alpha value is -2.24. The molecule has 0 spiro atoms. The van der Waals surface area contributed by atoms with Crippen LogP contribution in [0.2, 0.25) is 0 Å². The van der Waals surface area contributed by atoms with E-state index in [1.807, 2.05) is 6.92 Å². The number of aromatic nitrogens is 2. The minimum Gasteiger partial charge on any atom is -0.344 e. The molecule has 6 heteroatoms. The third-order valence-electron chi connectivity index (χ3n) is 4.25. The van der Waals surface area contributed by atoms with Crippen LogP contribution < -0.4 is 5.32 Å². The lowest BCUT2D eigenvalue weighted by molar-refractivity contribution is -0.126. The smallest absolute Gasteiger partial charge is 0.249 e. The molecular weight excluding hydrogens is 297 g/mol. The summed E-state index contributed by atoms with van der Waals surface area (Å²) in [5.74, 6) is 0.572. The highest BCUT2D eigenvalue weighted by atomic mass is 19.1. The second-order valence-electron chi connectivity index (χ2n) is 6.03. The number of nitrogens with zero attached hydrogens (tertiary/aromatic N) is 2. The lowest BCUT2D eigenvalue weighted by Gasteiger charge is -2.22. The van der Waals surface area contributed by atoms with E-state index in [0.29, 0.717) is 17.3 Å². The van der Waals surface area contributed by atoms with Gasteiger partial charge in [0.2, 0.25) is 17.6 Å². The first-order valence-electron chi connectivity index (χ1n) is 8.03. The third-order valence-corrected chi connectivity index (χ3v) is 4.25. The van der Waals surface area contributed by atoms with Crippen LogP contribution in [0.15, 0.2) is 28.8 Å². The number of carbonyl (C=O) groups excluding carboxylic acids is 1. The molecule has 23 heavy (non-hydrogen) atoms. The molecule has 1 aromatic heterocycles. The van der Waals surface area contributed by atoms with Gasteiger partial charge >= 0.3 is 0 Å². The largest absolute Gasteiger partial charge is 0.344 e. The molecular formula is C17H20FN3O2. The van der Waals surface area contributed by atoms with Gasteiger partial charge < -0.3 is 9.84 Å². The zero-order valence-electron chi connectivity index (χ0n) is 13.1. The topological polar surface area (TPSA) is 68.0 Å². The lowest BCUT2D eigenvalue weighted by Crippen LogP contribution is -2.33. The van der Waals surface area contributed by atoms with Gasteiger partial charge in [-0.2, -0.15) is 4.98 Å². The lowest BCUT2D eigenvalue weighted by atomic mass is 9.88. The Kier molecular flexibility index (Phi) is 4.69. The number of nitrogens with one attached hydrogen (secondary N) is 1. The molecule has 0 unspecified atom stereocenters. The summed E-state index contributed by atoms with van der Waals surface area (Å²) >= 11 is 0. The molecule has 2 aromatic rings. The normalized spacial score (nSPS) is 17.0. The standard InChI is InChI=1S/C17H20FN3O2/c1-11(19-16(22)13-5-3-2-4-6-13)17-20-15(21-23-17)12-7-9-14(18)10-8-12/h7-11,13H,2-6H2,1H3,(H,19,22)/t11-/m1/s1. The summed E-state index contributed by atoms with van der Waals surface area (Å²) in [4.78, 5) is 16.5. The predicted octanol–water partition coefficient (Wildman–Crippen LogP) is 3.63. The number of halogens is 1. The molecule has 122 valence electrons. The van der Waals surface area contributed by atoms with E-state index in [-0.39, 0.29) is 23.7 Å². The van der Waals surface area contributed by atoms with Crippen molar-refractivity contribution in [3.63, 3.8) is 0 Å². The Labute approximate surface area is 134 Å². The Morgan fingerprint density at radius 3 is 2.65 bits per heavy atom. The van der Waals surface area contributed by atoms with Gasteiger partial charge in [-0.1, -0.05) is 24.4 Å². The van der Waals surface area contributed by atoms with Crippen molar-refractivity contribution in [2.24, 2.45) is 5.92 Å². The van der Waals surface area contributed by atoms with E-state index in [4.69, 9.17) is 4.52 Å². The molecule has 1 N–H and O–H groups in total. The first-order chi connectivity index (χ1) is 11.1. The molecule has 0 radical (unpaired) electrons. The molecule has 1 saturated carbocycles. The van der Waals surface area contributed by atoms with Crippen LogP contribution in [0.4, 0.5) is 4.39 Å². The van der Waals surface area contributed by atoms with Gasteiger partial charge in [-0.15, -0.1) is 0 Å². The van der Waals surface area contributed by atoms with Crippen molar-refractivity contribution >= 4 is 5.91 Å². The second-order valence-corrected chi connectivity index (χ2v) is 6.03. The van der Waals surface area contributed by atoms with E-state index in [1.54, 1.807) is 12.1 Å². The van der Waals surface area contributed by atoms with Crippen molar-refractivity contribution in [1.82, 2.24) is 15.5 Å². The molecule has 1 atom stereocenters. The fraction of sp³-hybridized carbons (Fsp3) is 0.471. The molecule has 5 nitrogen and oxygen atoms in total. The average Bonchev–Trinajstić information content (AvgIpc) is 3.06. The summed E-state index contributed by atoms with van der Waals surface area (Å²) in [6.45, 7) is 1.82. The summed E-state index contributed by atoms with van der Waals surface area (Å²) in [6.07, 6.45) is 5.33. The van der Waals surface area contributed by atoms with Crippen LogP contribution in [-0.4, -0.2) is 16.0 Å². The molecule has 1 aliphatic carbocycles. The predicted molar refractivity (Wildman–Crippen MR) is 82.8 cm³/mol. The van der Waals surface area contributed by atoms with E-state index in [1.165, 1.54) is 18.6 Å².